The van der Waals surface area contributed by atoms with Crippen molar-refractivity contribution in [2.45, 2.75) is 64.0 Å². The van der Waals surface area contributed by atoms with Crippen LogP contribution in [0.25, 0.3) is 0 Å². The van der Waals surface area contributed by atoms with Gasteiger partial charge in [0.1, 0.15) is 0 Å². The van der Waals surface area contributed by atoms with Crippen LogP contribution >= 0.6 is 0 Å². The Morgan fingerprint density at radius 3 is 2.70 bits per heavy atom. The molecule has 0 unspecified atom stereocenters. The van der Waals surface area contributed by atoms with Crippen molar-refractivity contribution in [3.05, 3.63) is 12.2 Å². The van der Waals surface area contributed by atoms with E-state index in [1.54, 1.807) is 0 Å². The second-order valence-electron chi connectivity index (χ2n) is 6.60. The SMILES string of the molecule is CCN1CCC[C@@H]1[C@H]1CCCN1C(=O)C[C@H]1C=CCC1. The Hall–Kier alpha value is -0.830. The molecule has 2 saturated heterocycles. The van der Waals surface area contributed by atoms with Crippen LogP contribution in [-0.2, 0) is 4.79 Å². The highest BCUT2D eigenvalue weighted by atomic mass is 16.2. The minimum Gasteiger partial charge on any atom is -0.338 e. The van der Waals surface area contributed by atoms with Gasteiger partial charge >= 0.3 is 0 Å². The molecule has 3 aliphatic rings. The highest BCUT2D eigenvalue weighted by Crippen LogP contribution is 2.31. The van der Waals surface area contributed by atoms with Crippen molar-refractivity contribution in [1.82, 2.24) is 9.80 Å². The van der Waals surface area contributed by atoms with Gasteiger partial charge in [-0.15, -0.1) is 0 Å². The molecular formula is C17H28N2O. The summed E-state index contributed by atoms with van der Waals surface area (Å²) < 4.78 is 0. The van der Waals surface area contributed by atoms with Gasteiger partial charge in [0.25, 0.3) is 0 Å². The van der Waals surface area contributed by atoms with Crippen molar-refractivity contribution in [3.63, 3.8) is 0 Å². The quantitative estimate of drug-likeness (QED) is 0.737. The summed E-state index contributed by atoms with van der Waals surface area (Å²) in [5, 5.41) is 0. The molecular weight excluding hydrogens is 248 g/mol. The molecule has 2 heterocycles. The number of rotatable bonds is 4. The fraction of sp³-hybridized carbons (Fsp3) is 0.824. The first kappa shape index (κ1) is 14.1. The van der Waals surface area contributed by atoms with Crippen molar-refractivity contribution in [2.24, 2.45) is 5.92 Å². The van der Waals surface area contributed by atoms with Crippen LogP contribution in [0.2, 0.25) is 0 Å². The molecule has 0 aromatic carbocycles. The van der Waals surface area contributed by atoms with Gasteiger partial charge in [-0.1, -0.05) is 19.1 Å². The average Bonchev–Trinajstić information content (AvgIpc) is 3.18. The smallest absolute Gasteiger partial charge is 0.223 e. The van der Waals surface area contributed by atoms with E-state index in [2.05, 4.69) is 28.9 Å². The molecule has 0 N–H and O–H groups in total. The van der Waals surface area contributed by atoms with E-state index < -0.39 is 0 Å². The third-order valence-corrected chi connectivity index (χ3v) is 5.43. The fourth-order valence-corrected chi connectivity index (χ4v) is 4.39. The molecule has 1 amide bonds. The number of likely N-dealkylation sites (tertiary alicyclic amines) is 2. The first-order chi connectivity index (χ1) is 9.79. The van der Waals surface area contributed by atoms with Gasteiger partial charge in [-0.05, 0) is 57.5 Å². The molecule has 1 aliphatic carbocycles. The molecule has 2 fully saturated rings. The first-order valence-electron chi connectivity index (χ1n) is 8.49. The predicted octanol–water partition coefficient (Wildman–Crippen LogP) is 2.82. The Bertz CT molecular complexity index is 379. The monoisotopic (exact) mass is 276 g/mol. The zero-order valence-corrected chi connectivity index (χ0v) is 12.8. The Balaban J connectivity index is 1.62. The van der Waals surface area contributed by atoms with Crippen molar-refractivity contribution in [1.29, 1.82) is 0 Å². The highest BCUT2D eigenvalue weighted by Gasteiger charge is 2.39. The molecule has 112 valence electrons. The maximum atomic E-state index is 12.6. The number of hydrogen-bond acceptors (Lipinski definition) is 2. The summed E-state index contributed by atoms with van der Waals surface area (Å²) in [5.74, 6) is 0.918. The lowest BCUT2D eigenvalue weighted by atomic mass is 10.0. The van der Waals surface area contributed by atoms with Gasteiger partial charge in [0.05, 0.1) is 0 Å². The van der Waals surface area contributed by atoms with Gasteiger partial charge in [-0.25, -0.2) is 0 Å². The summed E-state index contributed by atoms with van der Waals surface area (Å²) in [5.41, 5.74) is 0. The van der Waals surface area contributed by atoms with Gasteiger partial charge in [0, 0.05) is 25.0 Å². The number of nitrogens with zero attached hydrogens (tertiary/aromatic N) is 2. The summed E-state index contributed by atoms with van der Waals surface area (Å²) in [6.07, 6.45) is 12.6. The van der Waals surface area contributed by atoms with Crippen LogP contribution in [0.1, 0.15) is 51.9 Å². The van der Waals surface area contributed by atoms with Gasteiger partial charge in [0.15, 0.2) is 0 Å². The van der Waals surface area contributed by atoms with Crippen LogP contribution in [0.4, 0.5) is 0 Å². The predicted molar refractivity (Wildman–Crippen MR) is 81.5 cm³/mol. The normalized spacial score (nSPS) is 34.2. The van der Waals surface area contributed by atoms with Crippen molar-refractivity contribution >= 4 is 5.91 Å². The molecule has 0 aromatic heterocycles. The molecule has 20 heavy (non-hydrogen) atoms. The average molecular weight is 276 g/mol. The molecule has 0 aromatic rings. The molecule has 3 rings (SSSR count). The van der Waals surface area contributed by atoms with E-state index in [9.17, 15) is 4.79 Å². The van der Waals surface area contributed by atoms with Crippen LogP contribution in [0, 0.1) is 5.92 Å². The zero-order chi connectivity index (χ0) is 13.9. The van der Waals surface area contributed by atoms with Crippen LogP contribution in [0.3, 0.4) is 0 Å². The Morgan fingerprint density at radius 2 is 1.95 bits per heavy atom. The molecule has 0 radical (unpaired) electrons. The van der Waals surface area contributed by atoms with Crippen LogP contribution in [0.5, 0.6) is 0 Å². The fourth-order valence-electron chi connectivity index (χ4n) is 4.39. The number of carbonyl (C=O) groups is 1. The summed E-state index contributed by atoms with van der Waals surface area (Å²) in [7, 11) is 0. The third kappa shape index (κ3) is 2.78. The number of likely N-dealkylation sites (N-methyl/N-ethyl adjacent to an activating group) is 1. The lowest BCUT2D eigenvalue weighted by molar-refractivity contribution is -0.133. The Morgan fingerprint density at radius 1 is 1.15 bits per heavy atom. The molecule has 0 spiro atoms. The van der Waals surface area contributed by atoms with Crippen LogP contribution < -0.4 is 0 Å². The molecule has 2 aliphatic heterocycles. The molecule has 3 atom stereocenters. The summed E-state index contributed by atoms with van der Waals surface area (Å²) in [6.45, 7) is 5.61. The van der Waals surface area contributed by atoms with Crippen molar-refractivity contribution in [2.75, 3.05) is 19.6 Å². The van der Waals surface area contributed by atoms with E-state index in [0.29, 0.717) is 23.9 Å². The number of hydrogen-bond donors (Lipinski definition) is 0. The van der Waals surface area contributed by atoms with Crippen LogP contribution in [0.15, 0.2) is 12.2 Å². The van der Waals surface area contributed by atoms with E-state index in [1.165, 1.54) is 38.6 Å². The van der Waals surface area contributed by atoms with E-state index in [0.717, 1.165) is 25.9 Å². The lowest BCUT2D eigenvalue weighted by Crippen LogP contribution is -2.48. The standard InChI is InChI=1S/C17H28N2O/c1-2-18-11-5-9-15(18)16-10-6-12-19(16)17(20)13-14-7-3-4-8-14/h3,7,14-16H,2,4-6,8-13H2,1H3/t14-,15+,16+/m0/s1. The van der Waals surface area contributed by atoms with E-state index in [4.69, 9.17) is 0 Å². The maximum Gasteiger partial charge on any atom is 0.223 e. The molecule has 0 bridgehead atoms. The van der Waals surface area contributed by atoms with E-state index in [-0.39, 0.29) is 0 Å². The van der Waals surface area contributed by atoms with Gasteiger partial charge in [-0.2, -0.15) is 0 Å². The van der Waals surface area contributed by atoms with Crippen molar-refractivity contribution < 1.29 is 4.79 Å². The molecule has 3 heteroatoms. The molecule has 0 saturated carbocycles. The highest BCUT2D eigenvalue weighted by molar-refractivity contribution is 5.77. The second kappa shape index (κ2) is 6.30. The number of amides is 1. The third-order valence-electron chi connectivity index (χ3n) is 5.43. The Labute approximate surface area is 123 Å². The number of carbonyl (C=O) groups excluding carboxylic acids is 1. The Kier molecular flexibility index (Phi) is 4.45. The zero-order valence-electron chi connectivity index (χ0n) is 12.8. The largest absolute Gasteiger partial charge is 0.338 e. The summed E-state index contributed by atoms with van der Waals surface area (Å²) in [6, 6.07) is 1.13. The topological polar surface area (TPSA) is 23.6 Å². The minimum atomic E-state index is 0.409. The second-order valence-corrected chi connectivity index (χ2v) is 6.60. The van der Waals surface area contributed by atoms with Gasteiger partial charge in [-0.3, -0.25) is 9.69 Å². The van der Waals surface area contributed by atoms with Crippen LogP contribution in [-0.4, -0.2) is 47.4 Å². The first-order valence-corrected chi connectivity index (χ1v) is 8.49. The van der Waals surface area contributed by atoms with Gasteiger partial charge in [0.2, 0.25) is 5.91 Å². The lowest BCUT2D eigenvalue weighted by Gasteiger charge is -2.35. The summed E-state index contributed by atoms with van der Waals surface area (Å²) >= 11 is 0. The minimum absolute atomic E-state index is 0.409. The van der Waals surface area contributed by atoms with Crippen molar-refractivity contribution in [3.8, 4) is 0 Å². The van der Waals surface area contributed by atoms with E-state index in [1.807, 2.05) is 0 Å². The van der Waals surface area contributed by atoms with Gasteiger partial charge < -0.3 is 4.90 Å². The van der Waals surface area contributed by atoms with E-state index >= 15 is 0 Å². The maximum absolute atomic E-state index is 12.6. The summed E-state index contributed by atoms with van der Waals surface area (Å²) in [4.78, 5) is 17.5. The molecule has 3 nitrogen and oxygen atoms in total. The number of allylic oxidation sites excluding steroid dienone is 2.